The number of rotatable bonds is 3. The molecule has 2 aliphatic rings. The third-order valence-corrected chi connectivity index (χ3v) is 5.35. The van der Waals surface area contributed by atoms with Crippen LogP contribution in [0.25, 0.3) is 0 Å². The zero-order chi connectivity index (χ0) is 16.4. The number of nitrogens with zero attached hydrogens (tertiary/aromatic N) is 5. The summed E-state index contributed by atoms with van der Waals surface area (Å²) in [6.07, 6.45) is 7.49. The lowest BCUT2D eigenvalue weighted by atomic mass is 9.79. The summed E-state index contributed by atoms with van der Waals surface area (Å²) in [7, 11) is 0. The molecule has 2 aliphatic heterocycles. The van der Waals surface area contributed by atoms with Crippen molar-refractivity contribution in [1.29, 1.82) is 0 Å². The molecule has 0 saturated carbocycles. The minimum absolute atomic E-state index is 0.390. The minimum Gasteiger partial charge on any atom is -0.340 e. The average Bonchev–Trinajstić information content (AvgIpc) is 2.97. The Morgan fingerprint density at radius 3 is 2.75 bits per heavy atom. The van der Waals surface area contributed by atoms with Crippen LogP contribution in [0.15, 0.2) is 36.7 Å². The summed E-state index contributed by atoms with van der Waals surface area (Å²) in [6, 6.07) is 8.20. The van der Waals surface area contributed by atoms with E-state index in [0.717, 1.165) is 37.8 Å². The molecule has 24 heavy (non-hydrogen) atoms. The van der Waals surface area contributed by atoms with Crippen molar-refractivity contribution >= 4 is 5.95 Å². The molecule has 4 heterocycles. The van der Waals surface area contributed by atoms with Gasteiger partial charge < -0.3 is 4.90 Å². The lowest BCUT2D eigenvalue weighted by Crippen LogP contribution is -2.45. The Morgan fingerprint density at radius 2 is 1.92 bits per heavy atom. The number of aryl methyl sites for hydroxylation is 1. The highest BCUT2D eigenvalue weighted by Crippen LogP contribution is 2.40. The summed E-state index contributed by atoms with van der Waals surface area (Å²) in [4.78, 5) is 18.5. The Kier molecular flexibility index (Phi) is 4.19. The molecular weight excluding hydrogens is 298 g/mol. The van der Waals surface area contributed by atoms with Gasteiger partial charge in [-0.05, 0) is 50.9 Å². The van der Waals surface area contributed by atoms with Gasteiger partial charge in [0.05, 0.1) is 5.69 Å². The molecule has 5 nitrogen and oxygen atoms in total. The second-order valence-electron chi connectivity index (χ2n) is 7.30. The molecular formula is C19H25N5. The maximum atomic E-state index is 4.66. The highest BCUT2D eigenvalue weighted by atomic mass is 15.3. The van der Waals surface area contributed by atoms with Crippen LogP contribution in [-0.2, 0) is 6.54 Å². The summed E-state index contributed by atoms with van der Waals surface area (Å²) < 4.78 is 0. The normalized spacial score (nSPS) is 24.6. The first-order valence-electron chi connectivity index (χ1n) is 8.89. The van der Waals surface area contributed by atoms with Gasteiger partial charge in [-0.15, -0.1) is 0 Å². The second kappa shape index (κ2) is 6.48. The van der Waals surface area contributed by atoms with Gasteiger partial charge in [-0.3, -0.25) is 9.88 Å². The third kappa shape index (κ3) is 3.26. The van der Waals surface area contributed by atoms with Gasteiger partial charge >= 0.3 is 0 Å². The van der Waals surface area contributed by atoms with E-state index in [1.807, 2.05) is 18.5 Å². The quantitative estimate of drug-likeness (QED) is 0.869. The SMILES string of the molecule is Cc1cccc(CN2CCC3(CCCN(c4ncccn4)C3)C2)n1. The molecule has 0 aliphatic carbocycles. The van der Waals surface area contributed by atoms with E-state index in [2.05, 4.69) is 49.9 Å². The maximum Gasteiger partial charge on any atom is 0.225 e. The molecule has 0 bridgehead atoms. The summed E-state index contributed by atoms with van der Waals surface area (Å²) in [5.41, 5.74) is 2.68. The summed E-state index contributed by atoms with van der Waals surface area (Å²) in [6.45, 7) is 7.50. The number of hydrogen-bond donors (Lipinski definition) is 0. The molecule has 2 saturated heterocycles. The van der Waals surface area contributed by atoms with Crippen LogP contribution in [0.1, 0.15) is 30.7 Å². The largest absolute Gasteiger partial charge is 0.340 e. The number of anilines is 1. The molecule has 0 radical (unpaired) electrons. The van der Waals surface area contributed by atoms with Gasteiger partial charge in [-0.25, -0.2) is 9.97 Å². The molecule has 2 aromatic rings. The van der Waals surface area contributed by atoms with Crippen molar-refractivity contribution in [2.24, 2.45) is 5.41 Å². The molecule has 4 rings (SSSR count). The highest BCUT2D eigenvalue weighted by molar-refractivity contribution is 5.30. The molecule has 1 spiro atoms. The Bertz CT molecular complexity index is 689. The smallest absolute Gasteiger partial charge is 0.225 e. The van der Waals surface area contributed by atoms with Gasteiger partial charge in [-0.2, -0.15) is 0 Å². The first-order chi connectivity index (χ1) is 11.7. The Morgan fingerprint density at radius 1 is 1.04 bits per heavy atom. The number of aromatic nitrogens is 3. The standard InChI is InChI=1S/C19H25N5/c1-16-5-2-6-17(22-16)13-23-12-8-19(14-23)7-3-11-24(15-19)18-20-9-4-10-21-18/h2,4-6,9-10H,3,7-8,11-15H2,1H3. The van der Waals surface area contributed by atoms with Crippen LogP contribution < -0.4 is 4.90 Å². The molecule has 2 aromatic heterocycles. The summed E-state index contributed by atoms with van der Waals surface area (Å²) in [5, 5.41) is 0. The second-order valence-corrected chi connectivity index (χ2v) is 7.30. The lowest BCUT2D eigenvalue weighted by molar-refractivity contribution is 0.214. The van der Waals surface area contributed by atoms with Crippen LogP contribution in [0, 0.1) is 12.3 Å². The topological polar surface area (TPSA) is 45.2 Å². The molecule has 2 fully saturated rings. The Labute approximate surface area is 143 Å². The van der Waals surface area contributed by atoms with E-state index < -0.39 is 0 Å². The minimum atomic E-state index is 0.390. The van der Waals surface area contributed by atoms with Gasteiger partial charge in [0.15, 0.2) is 0 Å². The van der Waals surface area contributed by atoms with Crippen molar-refractivity contribution in [1.82, 2.24) is 19.9 Å². The fourth-order valence-corrected chi connectivity index (χ4v) is 4.25. The van der Waals surface area contributed by atoms with Crippen LogP contribution in [-0.4, -0.2) is 46.0 Å². The Balaban J connectivity index is 1.43. The van der Waals surface area contributed by atoms with Crippen molar-refractivity contribution in [3.05, 3.63) is 48.0 Å². The predicted molar refractivity (Wildman–Crippen MR) is 94.8 cm³/mol. The van der Waals surface area contributed by atoms with Crippen LogP contribution >= 0.6 is 0 Å². The number of piperidine rings is 1. The monoisotopic (exact) mass is 323 g/mol. The van der Waals surface area contributed by atoms with Gasteiger partial charge in [-0.1, -0.05) is 6.07 Å². The van der Waals surface area contributed by atoms with E-state index in [0.29, 0.717) is 5.41 Å². The number of pyridine rings is 1. The van der Waals surface area contributed by atoms with E-state index in [1.54, 1.807) is 0 Å². The fourth-order valence-electron chi connectivity index (χ4n) is 4.25. The van der Waals surface area contributed by atoms with Crippen LogP contribution in [0.2, 0.25) is 0 Å². The molecule has 1 unspecified atom stereocenters. The Hall–Kier alpha value is -2.01. The van der Waals surface area contributed by atoms with E-state index in [-0.39, 0.29) is 0 Å². The first-order valence-corrected chi connectivity index (χ1v) is 8.89. The fraction of sp³-hybridized carbons (Fsp3) is 0.526. The van der Waals surface area contributed by atoms with E-state index in [4.69, 9.17) is 0 Å². The maximum absolute atomic E-state index is 4.66. The molecule has 0 amide bonds. The number of likely N-dealkylation sites (tertiary alicyclic amines) is 1. The predicted octanol–water partition coefficient (Wildman–Crippen LogP) is 2.67. The van der Waals surface area contributed by atoms with Crippen molar-refractivity contribution < 1.29 is 0 Å². The molecule has 126 valence electrons. The average molecular weight is 323 g/mol. The van der Waals surface area contributed by atoms with Crippen molar-refractivity contribution in [2.45, 2.75) is 32.7 Å². The van der Waals surface area contributed by atoms with E-state index >= 15 is 0 Å². The number of hydrogen-bond acceptors (Lipinski definition) is 5. The lowest BCUT2D eigenvalue weighted by Gasteiger charge is -2.40. The molecule has 5 heteroatoms. The third-order valence-electron chi connectivity index (χ3n) is 5.35. The van der Waals surface area contributed by atoms with Gasteiger partial charge in [0.1, 0.15) is 0 Å². The summed E-state index contributed by atoms with van der Waals surface area (Å²) >= 11 is 0. The van der Waals surface area contributed by atoms with Crippen LogP contribution in [0.3, 0.4) is 0 Å². The van der Waals surface area contributed by atoms with Gasteiger partial charge in [0.2, 0.25) is 5.95 Å². The zero-order valence-electron chi connectivity index (χ0n) is 14.4. The van der Waals surface area contributed by atoms with E-state index in [1.165, 1.54) is 31.5 Å². The van der Waals surface area contributed by atoms with Crippen LogP contribution in [0.4, 0.5) is 5.95 Å². The van der Waals surface area contributed by atoms with Crippen molar-refractivity contribution in [3.8, 4) is 0 Å². The first kappa shape index (κ1) is 15.5. The zero-order valence-corrected chi connectivity index (χ0v) is 14.4. The van der Waals surface area contributed by atoms with Crippen LogP contribution in [0.5, 0.6) is 0 Å². The molecule has 1 atom stereocenters. The van der Waals surface area contributed by atoms with Gasteiger partial charge in [0, 0.05) is 49.7 Å². The van der Waals surface area contributed by atoms with Crippen molar-refractivity contribution in [2.75, 3.05) is 31.1 Å². The van der Waals surface area contributed by atoms with Gasteiger partial charge in [0.25, 0.3) is 0 Å². The summed E-state index contributed by atoms with van der Waals surface area (Å²) in [5.74, 6) is 0.885. The van der Waals surface area contributed by atoms with E-state index in [9.17, 15) is 0 Å². The van der Waals surface area contributed by atoms with Crippen molar-refractivity contribution in [3.63, 3.8) is 0 Å². The highest BCUT2D eigenvalue weighted by Gasteiger charge is 2.41. The molecule has 0 N–H and O–H groups in total. The molecule has 0 aromatic carbocycles.